The molecule has 2 aromatic heterocycles. The van der Waals surface area contributed by atoms with Crippen molar-refractivity contribution in [1.82, 2.24) is 14.3 Å². The Morgan fingerprint density at radius 3 is 3.06 bits per heavy atom. The predicted octanol–water partition coefficient (Wildman–Crippen LogP) is 1.45. The average molecular weight is 245 g/mol. The maximum Gasteiger partial charge on any atom is 0.339 e. The van der Waals surface area contributed by atoms with Crippen LogP contribution in [0, 0.1) is 0 Å². The van der Waals surface area contributed by atoms with Gasteiger partial charge in [0.05, 0.1) is 5.69 Å². The molecule has 1 unspecified atom stereocenters. The van der Waals surface area contributed by atoms with E-state index in [4.69, 9.17) is 5.11 Å². The zero-order valence-corrected chi connectivity index (χ0v) is 10.2. The summed E-state index contributed by atoms with van der Waals surface area (Å²) in [6.07, 6.45) is 4.88. The third-order valence-corrected chi connectivity index (χ3v) is 3.54. The van der Waals surface area contributed by atoms with Gasteiger partial charge in [-0.1, -0.05) is 0 Å². The maximum absolute atomic E-state index is 11.1. The molecule has 18 heavy (non-hydrogen) atoms. The lowest BCUT2D eigenvalue weighted by molar-refractivity contribution is 0.0698. The Balaban J connectivity index is 2.05. The molecule has 0 aliphatic carbocycles. The lowest BCUT2D eigenvalue weighted by Gasteiger charge is -2.06. The SMILES string of the molecule is CN1CCC(c2cn3cccc(C(=O)O)c3n2)C1. The van der Waals surface area contributed by atoms with Gasteiger partial charge in [-0.15, -0.1) is 0 Å². The van der Waals surface area contributed by atoms with Gasteiger partial charge in [0.2, 0.25) is 0 Å². The molecule has 1 N–H and O–H groups in total. The third kappa shape index (κ3) is 1.76. The molecule has 2 aromatic rings. The van der Waals surface area contributed by atoms with Crippen molar-refractivity contribution in [1.29, 1.82) is 0 Å². The van der Waals surface area contributed by atoms with Crippen molar-refractivity contribution in [2.75, 3.05) is 20.1 Å². The summed E-state index contributed by atoms with van der Waals surface area (Å²) in [5.41, 5.74) is 1.79. The van der Waals surface area contributed by atoms with Gasteiger partial charge >= 0.3 is 5.97 Å². The fourth-order valence-electron chi connectivity index (χ4n) is 2.57. The molecule has 1 atom stereocenters. The second-order valence-electron chi connectivity index (χ2n) is 4.87. The highest BCUT2D eigenvalue weighted by Crippen LogP contribution is 2.26. The maximum atomic E-state index is 11.1. The second kappa shape index (κ2) is 4.10. The molecule has 1 fully saturated rings. The van der Waals surface area contributed by atoms with E-state index in [2.05, 4.69) is 16.9 Å². The number of aromatic nitrogens is 2. The number of carbonyl (C=O) groups is 1. The molecule has 5 nitrogen and oxygen atoms in total. The fourth-order valence-corrected chi connectivity index (χ4v) is 2.57. The summed E-state index contributed by atoms with van der Waals surface area (Å²) in [5.74, 6) is -0.516. The normalized spacial score (nSPS) is 20.6. The van der Waals surface area contributed by atoms with Crippen LogP contribution in [0.1, 0.15) is 28.4 Å². The molecule has 3 heterocycles. The van der Waals surface area contributed by atoms with E-state index >= 15 is 0 Å². The number of carboxylic acid groups (broad SMARTS) is 1. The minimum absolute atomic E-state index is 0.259. The van der Waals surface area contributed by atoms with Gasteiger partial charge in [0, 0.05) is 24.9 Å². The minimum atomic E-state index is -0.929. The van der Waals surface area contributed by atoms with Crippen LogP contribution in [0.3, 0.4) is 0 Å². The smallest absolute Gasteiger partial charge is 0.339 e. The largest absolute Gasteiger partial charge is 0.478 e. The Labute approximate surface area is 105 Å². The Hall–Kier alpha value is -1.88. The average Bonchev–Trinajstić information content (AvgIpc) is 2.93. The number of hydrogen-bond acceptors (Lipinski definition) is 3. The number of carboxylic acids is 1. The van der Waals surface area contributed by atoms with E-state index in [1.165, 1.54) is 0 Å². The van der Waals surface area contributed by atoms with Gasteiger partial charge in [-0.05, 0) is 32.1 Å². The first kappa shape index (κ1) is 11.2. The van der Waals surface area contributed by atoms with E-state index in [0.29, 0.717) is 11.6 Å². The van der Waals surface area contributed by atoms with Gasteiger partial charge in [-0.25, -0.2) is 9.78 Å². The molecule has 1 saturated heterocycles. The lowest BCUT2D eigenvalue weighted by Crippen LogP contribution is -2.13. The summed E-state index contributed by atoms with van der Waals surface area (Å²) in [6.45, 7) is 2.07. The molecular weight excluding hydrogens is 230 g/mol. The van der Waals surface area contributed by atoms with Crippen LogP contribution in [0.15, 0.2) is 24.5 Å². The molecule has 0 spiro atoms. The van der Waals surface area contributed by atoms with Crippen LogP contribution in [0.4, 0.5) is 0 Å². The molecule has 0 bridgehead atoms. The molecule has 3 rings (SSSR count). The van der Waals surface area contributed by atoms with Crippen molar-refractivity contribution >= 4 is 11.6 Å². The van der Waals surface area contributed by atoms with Crippen molar-refractivity contribution < 1.29 is 9.90 Å². The van der Waals surface area contributed by atoms with Crippen molar-refractivity contribution in [3.8, 4) is 0 Å². The van der Waals surface area contributed by atoms with Crippen LogP contribution >= 0.6 is 0 Å². The fraction of sp³-hybridized carbons (Fsp3) is 0.385. The molecule has 94 valence electrons. The number of pyridine rings is 1. The van der Waals surface area contributed by atoms with Crippen LogP contribution in [0.25, 0.3) is 5.65 Å². The van der Waals surface area contributed by atoms with E-state index in [0.717, 1.165) is 25.2 Å². The first-order chi connectivity index (χ1) is 8.65. The standard InChI is InChI=1S/C13H15N3O2/c1-15-6-4-9(7-15)11-8-16-5-2-3-10(13(17)18)12(16)14-11/h2-3,5,8-9H,4,6-7H2,1H3,(H,17,18). The number of likely N-dealkylation sites (N-methyl/N-ethyl adjacent to an activating group) is 1. The predicted molar refractivity (Wildman–Crippen MR) is 67.0 cm³/mol. The third-order valence-electron chi connectivity index (χ3n) is 3.54. The highest BCUT2D eigenvalue weighted by Gasteiger charge is 2.24. The topological polar surface area (TPSA) is 57.8 Å². The quantitative estimate of drug-likeness (QED) is 0.870. The summed E-state index contributed by atoms with van der Waals surface area (Å²) in [4.78, 5) is 17.9. The van der Waals surface area contributed by atoms with Gasteiger partial charge < -0.3 is 14.4 Å². The van der Waals surface area contributed by atoms with Crippen molar-refractivity contribution in [2.45, 2.75) is 12.3 Å². The van der Waals surface area contributed by atoms with Gasteiger partial charge in [0.25, 0.3) is 0 Å². The number of hydrogen-bond donors (Lipinski definition) is 1. The van der Waals surface area contributed by atoms with Gasteiger partial charge in [0.1, 0.15) is 5.56 Å². The van der Waals surface area contributed by atoms with E-state index in [9.17, 15) is 4.79 Å². The summed E-state index contributed by atoms with van der Waals surface area (Å²) in [6, 6.07) is 3.33. The van der Waals surface area contributed by atoms with Crippen LogP contribution in [0.2, 0.25) is 0 Å². The van der Waals surface area contributed by atoms with Crippen LogP contribution in [0.5, 0.6) is 0 Å². The number of nitrogens with zero attached hydrogens (tertiary/aromatic N) is 3. The van der Waals surface area contributed by atoms with Crippen LogP contribution < -0.4 is 0 Å². The molecule has 0 amide bonds. The second-order valence-corrected chi connectivity index (χ2v) is 4.87. The number of imidazole rings is 1. The van der Waals surface area contributed by atoms with Crippen LogP contribution in [-0.2, 0) is 0 Å². The van der Waals surface area contributed by atoms with E-state index < -0.39 is 5.97 Å². The Kier molecular flexibility index (Phi) is 2.56. The highest BCUT2D eigenvalue weighted by molar-refractivity contribution is 5.94. The lowest BCUT2D eigenvalue weighted by atomic mass is 10.1. The zero-order valence-electron chi connectivity index (χ0n) is 10.2. The summed E-state index contributed by atoms with van der Waals surface area (Å²) < 4.78 is 1.80. The van der Waals surface area contributed by atoms with E-state index in [1.54, 1.807) is 16.5 Å². The molecule has 1 aliphatic heterocycles. The molecule has 0 saturated carbocycles. The Morgan fingerprint density at radius 2 is 2.39 bits per heavy atom. The summed E-state index contributed by atoms with van der Waals surface area (Å²) >= 11 is 0. The van der Waals surface area contributed by atoms with Crippen molar-refractivity contribution in [3.05, 3.63) is 35.8 Å². The molecule has 1 aliphatic rings. The minimum Gasteiger partial charge on any atom is -0.478 e. The van der Waals surface area contributed by atoms with Gasteiger partial charge in [-0.2, -0.15) is 0 Å². The molecule has 0 radical (unpaired) electrons. The molecule has 5 heteroatoms. The van der Waals surface area contributed by atoms with E-state index in [-0.39, 0.29) is 5.56 Å². The zero-order chi connectivity index (χ0) is 12.7. The number of fused-ring (bicyclic) bond motifs is 1. The first-order valence-corrected chi connectivity index (χ1v) is 6.04. The van der Waals surface area contributed by atoms with Gasteiger partial charge in [-0.3, -0.25) is 0 Å². The van der Waals surface area contributed by atoms with Crippen LogP contribution in [-0.4, -0.2) is 45.5 Å². The van der Waals surface area contributed by atoms with E-state index in [1.807, 2.05) is 12.4 Å². The van der Waals surface area contributed by atoms with Crippen molar-refractivity contribution in [2.24, 2.45) is 0 Å². The molecule has 0 aromatic carbocycles. The van der Waals surface area contributed by atoms with Gasteiger partial charge in [0.15, 0.2) is 5.65 Å². The summed E-state index contributed by atoms with van der Waals surface area (Å²) in [7, 11) is 2.10. The Morgan fingerprint density at radius 1 is 1.56 bits per heavy atom. The van der Waals surface area contributed by atoms with Crippen molar-refractivity contribution in [3.63, 3.8) is 0 Å². The highest BCUT2D eigenvalue weighted by atomic mass is 16.4. The molecular formula is C13H15N3O2. The first-order valence-electron chi connectivity index (χ1n) is 6.04. The number of aromatic carboxylic acids is 1. The summed E-state index contributed by atoms with van der Waals surface area (Å²) in [5, 5.41) is 9.14. The number of likely N-dealkylation sites (tertiary alicyclic amines) is 1. The number of rotatable bonds is 2. The Bertz CT molecular complexity index is 605. The monoisotopic (exact) mass is 245 g/mol.